The zero-order valence-corrected chi connectivity index (χ0v) is 13.6. The van der Waals surface area contributed by atoms with E-state index >= 15 is 0 Å². The van der Waals surface area contributed by atoms with Crippen molar-refractivity contribution in [3.05, 3.63) is 35.1 Å². The van der Waals surface area contributed by atoms with Gasteiger partial charge in [0.2, 0.25) is 0 Å². The third kappa shape index (κ3) is 5.18. The Bertz CT molecular complexity index is 513. The SMILES string of the molecule is CSCc1cc(F)ccc1CNC(=O)NC[C@H]1CC[C@H](O)C1. The van der Waals surface area contributed by atoms with Gasteiger partial charge in [-0.05, 0) is 54.7 Å². The maximum atomic E-state index is 13.3. The molecule has 0 aliphatic heterocycles. The van der Waals surface area contributed by atoms with Gasteiger partial charge in [-0.3, -0.25) is 0 Å². The van der Waals surface area contributed by atoms with E-state index in [1.165, 1.54) is 12.1 Å². The fraction of sp³-hybridized carbons (Fsp3) is 0.562. The van der Waals surface area contributed by atoms with E-state index in [1.54, 1.807) is 17.8 Å². The minimum atomic E-state index is -0.253. The highest BCUT2D eigenvalue weighted by molar-refractivity contribution is 7.97. The van der Waals surface area contributed by atoms with Crippen LogP contribution in [0.5, 0.6) is 0 Å². The molecule has 0 aromatic heterocycles. The second-order valence-corrected chi connectivity index (χ2v) is 6.61. The van der Waals surface area contributed by atoms with E-state index < -0.39 is 0 Å². The van der Waals surface area contributed by atoms with Crippen molar-refractivity contribution in [2.45, 2.75) is 37.7 Å². The average molecular weight is 326 g/mol. The van der Waals surface area contributed by atoms with Gasteiger partial charge in [0.25, 0.3) is 0 Å². The number of urea groups is 1. The van der Waals surface area contributed by atoms with Crippen LogP contribution >= 0.6 is 11.8 Å². The summed E-state index contributed by atoms with van der Waals surface area (Å²) in [4.78, 5) is 11.8. The lowest BCUT2D eigenvalue weighted by atomic mass is 10.1. The summed E-state index contributed by atoms with van der Waals surface area (Å²) in [5.41, 5.74) is 1.84. The number of nitrogens with one attached hydrogen (secondary N) is 2. The van der Waals surface area contributed by atoms with Gasteiger partial charge >= 0.3 is 6.03 Å². The molecule has 2 amide bonds. The predicted molar refractivity (Wildman–Crippen MR) is 87.2 cm³/mol. The topological polar surface area (TPSA) is 61.4 Å². The highest BCUT2D eigenvalue weighted by Gasteiger charge is 2.22. The maximum Gasteiger partial charge on any atom is 0.315 e. The molecule has 1 saturated carbocycles. The summed E-state index contributed by atoms with van der Waals surface area (Å²) >= 11 is 1.62. The van der Waals surface area contributed by atoms with Crippen molar-refractivity contribution in [1.82, 2.24) is 10.6 Å². The summed E-state index contributed by atoms with van der Waals surface area (Å²) in [5, 5.41) is 15.1. The molecule has 0 heterocycles. The number of hydrogen-bond acceptors (Lipinski definition) is 3. The van der Waals surface area contributed by atoms with Crippen molar-refractivity contribution in [2.24, 2.45) is 5.92 Å². The molecule has 122 valence electrons. The molecule has 0 bridgehead atoms. The van der Waals surface area contributed by atoms with E-state index in [9.17, 15) is 14.3 Å². The first kappa shape index (κ1) is 17.1. The molecule has 1 aliphatic carbocycles. The summed E-state index contributed by atoms with van der Waals surface area (Å²) < 4.78 is 13.3. The Morgan fingerprint density at radius 1 is 1.36 bits per heavy atom. The molecule has 2 atom stereocenters. The van der Waals surface area contributed by atoms with Crippen molar-refractivity contribution < 1.29 is 14.3 Å². The number of thioether (sulfide) groups is 1. The number of aliphatic hydroxyl groups is 1. The van der Waals surface area contributed by atoms with E-state index in [-0.39, 0.29) is 18.0 Å². The second-order valence-electron chi connectivity index (χ2n) is 5.74. The molecule has 4 nitrogen and oxygen atoms in total. The van der Waals surface area contributed by atoms with Crippen molar-refractivity contribution in [3.63, 3.8) is 0 Å². The third-order valence-electron chi connectivity index (χ3n) is 3.97. The number of carbonyl (C=O) groups excluding carboxylic acids is 1. The lowest BCUT2D eigenvalue weighted by Gasteiger charge is -2.13. The van der Waals surface area contributed by atoms with Gasteiger partial charge in [-0.25, -0.2) is 9.18 Å². The van der Waals surface area contributed by atoms with Crippen molar-refractivity contribution in [2.75, 3.05) is 12.8 Å². The van der Waals surface area contributed by atoms with Gasteiger partial charge in [0, 0.05) is 18.8 Å². The number of rotatable bonds is 6. The van der Waals surface area contributed by atoms with Crippen LogP contribution in [-0.4, -0.2) is 30.0 Å². The number of benzene rings is 1. The minimum absolute atomic E-state index is 0.219. The van der Waals surface area contributed by atoms with Crippen molar-refractivity contribution in [3.8, 4) is 0 Å². The van der Waals surface area contributed by atoms with Crippen molar-refractivity contribution in [1.29, 1.82) is 0 Å². The quantitative estimate of drug-likeness (QED) is 0.753. The van der Waals surface area contributed by atoms with Gasteiger partial charge in [-0.15, -0.1) is 0 Å². The Labute approximate surface area is 134 Å². The Morgan fingerprint density at radius 3 is 2.86 bits per heavy atom. The Kier molecular flexibility index (Phi) is 6.51. The van der Waals surface area contributed by atoms with E-state index in [4.69, 9.17) is 0 Å². The van der Waals surface area contributed by atoms with Gasteiger partial charge in [0.05, 0.1) is 6.10 Å². The van der Waals surface area contributed by atoms with Crippen LogP contribution in [0.1, 0.15) is 30.4 Å². The summed E-state index contributed by atoms with van der Waals surface area (Å²) in [6.07, 6.45) is 4.28. The van der Waals surface area contributed by atoms with Gasteiger partial charge in [0.15, 0.2) is 0 Å². The van der Waals surface area contributed by atoms with Gasteiger partial charge in [0.1, 0.15) is 5.82 Å². The molecule has 1 fully saturated rings. The highest BCUT2D eigenvalue weighted by Crippen LogP contribution is 2.24. The highest BCUT2D eigenvalue weighted by atomic mass is 32.2. The molecular weight excluding hydrogens is 303 g/mol. The summed E-state index contributed by atoms with van der Waals surface area (Å²) in [6.45, 7) is 0.972. The molecule has 6 heteroatoms. The summed E-state index contributed by atoms with van der Waals surface area (Å²) in [5.74, 6) is 0.826. The Balaban J connectivity index is 1.78. The molecule has 3 N–H and O–H groups in total. The molecule has 0 spiro atoms. The van der Waals surface area contributed by atoms with Crippen LogP contribution in [0.25, 0.3) is 0 Å². The molecule has 1 aliphatic rings. The molecule has 1 aromatic rings. The van der Waals surface area contributed by atoms with Crippen LogP contribution in [-0.2, 0) is 12.3 Å². The number of aliphatic hydroxyl groups excluding tert-OH is 1. The van der Waals surface area contributed by atoms with Crippen LogP contribution in [0, 0.1) is 11.7 Å². The molecule has 2 rings (SSSR count). The smallest absolute Gasteiger partial charge is 0.315 e. The predicted octanol–water partition coefficient (Wildman–Crippen LogP) is 2.65. The monoisotopic (exact) mass is 326 g/mol. The van der Waals surface area contributed by atoms with E-state index in [2.05, 4.69) is 10.6 Å². The summed E-state index contributed by atoms with van der Waals surface area (Å²) in [6, 6.07) is 4.43. The fourth-order valence-electron chi connectivity index (χ4n) is 2.77. The third-order valence-corrected chi connectivity index (χ3v) is 4.57. The number of carbonyl (C=O) groups is 1. The Hall–Kier alpha value is -1.27. The first-order valence-corrected chi connectivity index (χ1v) is 8.94. The largest absolute Gasteiger partial charge is 0.393 e. The molecule has 0 saturated heterocycles. The second kappa shape index (κ2) is 8.39. The molecule has 22 heavy (non-hydrogen) atoms. The normalized spacial score (nSPS) is 20.9. The standard InChI is InChI=1S/C16H23FN2O2S/c1-22-10-13-7-14(17)4-3-12(13)9-19-16(21)18-8-11-2-5-15(20)6-11/h3-4,7,11,15,20H,2,5-6,8-10H2,1H3,(H2,18,19,21)/t11-,15-/m0/s1. The zero-order valence-electron chi connectivity index (χ0n) is 12.8. The van der Waals surface area contributed by atoms with Crippen LogP contribution in [0.4, 0.5) is 9.18 Å². The van der Waals surface area contributed by atoms with E-state index in [0.29, 0.717) is 19.0 Å². The minimum Gasteiger partial charge on any atom is -0.393 e. The number of hydrogen-bond donors (Lipinski definition) is 3. The van der Waals surface area contributed by atoms with Crippen LogP contribution in [0.3, 0.4) is 0 Å². The molecule has 1 aromatic carbocycles. The fourth-order valence-corrected chi connectivity index (χ4v) is 3.35. The lowest BCUT2D eigenvalue weighted by molar-refractivity contribution is 0.177. The summed E-state index contributed by atoms with van der Waals surface area (Å²) in [7, 11) is 0. The molecule has 0 unspecified atom stereocenters. The van der Waals surface area contributed by atoms with E-state index in [1.807, 2.05) is 6.26 Å². The zero-order chi connectivity index (χ0) is 15.9. The van der Waals surface area contributed by atoms with Gasteiger partial charge < -0.3 is 15.7 Å². The number of halogens is 1. The van der Waals surface area contributed by atoms with E-state index in [0.717, 1.165) is 36.1 Å². The first-order valence-electron chi connectivity index (χ1n) is 7.54. The molecular formula is C16H23FN2O2S. The first-order chi connectivity index (χ1) is 10.6. The van der Waals surface area contributed by atoms with Crippen molar-refractivity contribution >= 4 is 17.8 Å². The number of amides is 2. The van der Waals surface area contributed by atoms with Crippen LogP contribution in [0.2, 0.25) is 0 Å². The lowest BCUT2D eigenvalue weighted by Crippen LogP contribution is -2.37. The van der Waals surface area contributed by atoms with Crippen LogP contribution < -0.4 is 10.6 Å². The average Bonchev–Trinajstić information content (AvgIpc) is 2.90. The maximum absolute atomic E-state index is 13.3. The molecule has 0 radical (unpaired) electrons. The Morgan fingerprint density at radius 2 is 2.18 bits per heavy atom. The van der Waals surface area contributed by atoms with Crippen LogP contribution in [0.15, 0.2) is 18.2 Å². The van der Waals surface area contributed by atoms with Gasteiger partial charge in [-0.2, -0.15) is 11.8 Å². The van der Waals surface area contributed by atoms with Gasteiger partial charge in [-0.1, -0.05) is 6.07 Å².